The first-order valence-electron chi connectivity index (χ1n) is 13.8. The van der Waals surface area contributed by atoms with Gasteiger partial charge in [0.15, 0.2) is 12.4 Å². The molecule has 202 valence electrons. The van der Waals surface area contributed by atoms with Crippen LogP contribution in [0.3, 0.4) is 0 Å². The third-order valence-electron chi connectivity index (χ3n) is 6.05. The van der Waals surface area contributed by atoms with Crippen LogP contribution in [0, 0.1) is 0 Å². The average Bonchev–Trinajstić information content (AvgIpc) is 2.80. The van der Waals surface area contributed by atoms with E-state index in [2.05, 4.69) is 93.6 Å². The van der Waals surface area contributed by atoms with E-state index < -0.39 is 0 Å². The second kappa shape index (κ2) is 24.6. The Balaban J connectivity index is 0. The molecule has 0 aliphatic heterocycles. The van der Waals surface area contributed by atoms with Crippen LogP contribution < -0.4 is 29.4 Å². The molecule has 2 rings (SSSR count). The molecule has 0 unspecified atom stereocenters. The van der Waals surface area contributed by atoms with Crippen LogP contribution in [0.5, 0.6) is 0 Å². The van der Waals surface area contributed by atoms with E-state index in [1.807, 2.05) is 0 Å². The molecule has 1 heterocycles. The van der Waals surface area contributed by atoms with Crippen LogP contribution in [0.4, 0.5) is 0 Å². The topological polar surface area (TPSA) is 3.88 Å². The molecule has 4 heteroatoms. The largest absolute Gasteiger partial charge is 1.00 e. The Morgan fingerprint density at radius 3 is 1.37 bits per heavy atom. The maximum atomic E-state index is 2.29. The van der Waals surface area contributed by atoms with Crippen molar-refractivity contribution in [1.82, 2.24) is 0 Å². The van der Waals surface area contributed by atoms with Gasteiger partial charge in [0.25, 0.3) is 0 Å². The summed E-state index contributed by atoms with van der Waals surface area (Å²) in [5, 5.41) is 0. The van der Waals surface area contributed by atoms with E-state index in [0.717, 1.165) is 11.0 Å². The lowest BCUT2D eigenvalue weighted by Gasteiger charge is -2.23. The Morgan fingerprint density at radius 2 is 0.943 bits per heavy atom. The lowest BCUT2D eigenvalue weighted by Crippen LogP contribution is -3.00. The molecular formula is C31H54Cl2N2. The molecule has 35 heavy (non-hydrogen) atoms. The van der Waals surface area contributed by atoms with E-state index in [1.165, 1.54) is 102 Å². The van der Waals surface area contributed by atoms with E-state index in [4.69, 9.17) is 0 Å². The third-order valence-corrected chi connectivity index (χ3v) is 6.05. The number of hydrogen-bond acceptors (Lipinski definition) is 0. The number of halogens is 2. The minimum Gasteiger partial charge on any atom is -1.00 e. The number of nitrogens with zero attached hydrogens (tertiary/aromatic N) is 2. The normalized spacial score (nSPS) is 10.5. The molecule has 0 aliphatic rings. The lowest BCUT2D eigenvalue weighted by atomic mass is 10.0. The number of unbranched alkanes of at least 4 members (excludes halogenated alkanes) is 13. The van der Waals surface area contributed by atoms with Gasteiger partial charge < -0.3 is 29.3 Å². The Kier molecular flexibility index (Phi) is 25.3. The summed E-state index contributed by atoms with van der Waals surface area (Å²) in [6.07, 6.45) is 24.4. The summed E-state index contributed by atoms with van der Waals surface area (Å²) < 4.78 is 3.28. The SMILES string of the molecule is CCCCCCCCCCCCCCCC[n+]1ccccc1.C[N+](C)(C)Cc1ccccc1.[Cl-].[Cl-]. The van der Waals surface area contributed by atoms with Crippen molar-refractivity contribution in [3.8, 4) is 0 Å². The molecule has 0 radical (unpaired) electrons. The van der Waals surface area contributed by atoms with Gasteiger partial charge in [0.1, 0.15) is 13.1 Å². The van der Waals surface area contributed by atoms with Crippen LogP contribution in [0.2, 0.25) is 0 Å². The smallest absolute Gasteiger partial charge is 0.168 e. The first kappa shape index (κ1) is 36.1. The van der Waals surface area contributed by atoms with Crippen molar-refractivity contribution in [2.45, 2.75) is 110 Å². The van der Waals surface area contributed by atoms with Crippen LogP contribution in [0.25, 0.3) is 0 Å². The summed E-state index contributed by atoms with van der Waals surface area (Å²) in [7, 11) is 6.60. The second-order valence-corrected chi connectivity index (χ2v) is 10.6. The van der Waals surface area contributed by atoms with Gasteiger partial charge in [0.05, 0.1) is 21.1 Å². The maximum Gasteiger partial charge on any atom is 0.168 e. The molecule has 0 amide bonds. The van der Waals surface area contributed by atoms with Crippen molar-refractivity contribution >= 4 is 0 Å². The standard InChI is InChI=1S/C21H38N.C10H16N.2ClH/c1-2-3-4-5-6-7-8-9-10-11-12-13-14-16-19-22-20-17-15-18-21-22;1-11(2,3)9-10-7-5-4-6-8-10;;/h15,17-18,20-21H,2-14,16,19H2,1H3;4-8H,9H2,1-3H3;2*1H/q2*+1;;/p-2. The van der Waals surface area contributed by atoms with Crippen LogP contribution in [0.15, 0.2) is 60.9 Å². The van der Waals surface area contributed by atoms with Gasteiger partial charge in [-0.15, -0.1) is 0 Å². The molecule has 2 nitrogen and oxygen atoms in total. The zero-order valence-electron chi connectivity index (χ0n) is 23.2. The van der Waals surface area contributed by atoms with Gasteiger partial charge in [0, 0.05) is 24.1 Å². The summed E-state index contributed by atoms with van der Waals surface area (Å²) in [5.41, 5.74) is 1.40. The van der Waals surface area contributed by atoms with Gasteiger partial charge in [-0.1, -0.05) is 120 Å². The molecular weight excluding hydrogens is 471 g/mol. The van der Waals surface area contributed by atoms with Crippen molar-refractivity contribution in [3.63, 3.8) is 0 Å². The second-order valence-electron chi connectivity index (χ2n) is 10.6. The first-order valence-corrected chi connectivity index (χ1v) is 13.8. The molecule has 0 saturated carbocycles. The summed E-state index contributed by atoms with van der Waals surface area (Å²) in [5.74, 6) is 0. The van der Waals surface area contributed by atoms with Gasteiger partial charge in [-0.3, -0.25) is 0 Å². The summed E-state index contributed by atoms with van der Waals surface area (Å²) >= 11 is 0. The van der Waals surface area contributed by atoms with Crippen LogP contribution in [-0.2, 0) is 13.1 Å². The monoisotopic (exact) mass is 524 g/mol. The van der Waals surface area contributed by atoms with Crippen molar-refractivity contribution in [2.24, 2.45) is 0 Å². The number of benzene rings is 1. The highest BCUT2D eigenvalue weighted by molar-refractivity contribution is 5.13. The molecule has 0 aliphatic carbocycles. The van der Waals surface area contributed by atoms with E-state index in [1.54, 1.807) is 0 Å². The number of aromatic nitrogens is 1. The van der Waals surface area contributed by atoms with Gasteiger partial charge in [-0.25, -0.2) is 4.57 Å². The number of aryl methyl sites for hydroxylation is 1. The fourth-order valence-corrected chi connectivity index (χ4v) is 4.20. The lowest BCUT2D eigenvalue weighted by molar-refractivity contribution is -0.884. The Morgan fingerprint density at radius 1 is 0.543 bits per heavy atom. The third kappa shape index (κ3) is 24.4. The van der Waals surface area contributed by atoms with Gasteiger partial charge in [-0.2, -0.15) is 0 Å². The zero-order chi connectivity index (χ0) is 24.0. The minimum atomic E-state index is 0. The molecule has 1 aromatic heterocycles. The Labute approximate surface area is 230 Å². The first-order chi connectivity index (χ1) is 16.0. The van der Waals surface area contributed by atoms with E-state index in [9.17, 15) is 0 Å². The highest BCUT2D eigenvalue weighted by Crippen LogP contribution is 2.13. The molecule has 1 aromatic carbocycles. The number of quaternary nitrogens is 1. The van der Waals surface area contributed by atoms with Crippen LogP contribution >= 0.6 is 0 Å². The van der Waals surface area contributed by atoms with Gasteiger partial charge in [-0.05, 0) is 6.42 Å². The van der Waals surface area contributed by atoms with E-state index in [0.29, 0.717) is 0 Å². The Hall–Kier alpha value is -1.09. The van der Waals surface area contributed by atoms with Crippen molar-refractivity contribution in [1.29, 1.82) is 0 Å². The molecule has 0 saturated heterocycles. The predicted molar refractivity (Wildman–Crippen MR) is 145 cm³/mol. The molecule has 2 aromatic rings. The van der Waals surface area contributed by atoms with Gasteiger partial charge >= 0.3 is 0 Å². The van der Waals surface area contributed by atoms with Gasteiger partial charge in [0.2, 0.25) is 0 Å². The summed E-state index contributed by atoms with van der Waals surface area (Å²) in [6.45, 7) is 4.57. The van der Waals surface area contributed by atoms with Crippen molar-refractivity contribution < 1.29 is 33.9 Å². The molecule has 0 fully saturated rings. The Bertz CT molecular complexity index is 657. The van der Waals surface area contributed by atoms with E-state index in [-0.39, 0.29) is 24.8 Å². The summed E-state index contributed by atoms with van der Waals surface area (Å²) in [4.78, 5) is 0. The average molecular weight is 526 g/mol. The van der Waals surface area contributed by atoms with Crippen molar-refractivity contribution in [3.05, 3.63) is 66.5 Å². The number of rotatable bonds is 17. The number of hydrogen-bond donors (Lipinski definition) is 0. The molecule has 0 N–H and O–H groups in total. The molecule has 0 bridgehead atoms. The van der Waals surface area contributed by atoms with Crippen LogP contribution in [-0.4, -0.2) is 25.6 Å². The quantitative estimate of drug-likeness (QED) is 0.170. The van der Waals surface area contributed by atoms with Crippen LogP contribution in [0.1, 0.15) is 102 Å². The molecule has 0 spiro atoms. The van der Waals surface area contributed by atoms with E-state index >= 15 is 0 Å². The fraction of sp³-hybridized carbons (Fsp3) is 0.645. The highest BCUT2D eigenvalue weighted by Gasteiger charge is 2.06. The highest BCUT2D eigenvalue weighted by atomic mass is 35.5. The number of pyridine rings is 1. The molecule has 0 atom stereocenters. The van der Waals surface area contributed by atoms with Crippen molar-refractivity contribution in [2.75, 3.05) is 21.1 Å². The fourth-order valence-electron chi connectivity index (χ4n) is 4.20. The predicted octanol–water partition coefficient (Wildman–Crippen LogP) is 2.36. The zero-order valence-corrected chi connectivity index (χ0v) is 24.7. The maximum absolute atomic E-state index is 2.29. The minimum absolute atomic E-state index is 0. The summed E-state index contributed by atoms with van der Waals surface area (Å²) in [6, 6.07) is 16.9.